The molecule has 0 aromatic rings. The van der Waals surface area contributed by atoms with Crippen LogP contribution in [0.1, 0.15) is 0 Å². The van der Waals surface area contributed by atoms with Crippen LogP contribution >= 0.6 is 0 Å². The van der Waals surface area contributed by atoms with Crippen molar-refractivity contribution < 1.29 is 122 Å². The molecule has 0 atom stereocenters. The van der Waals surface area contributed by atoms with Crippen LogP contribution in [0.25, 0.3) is 0 Å². The molecule has 1 radical (unpaired) electrons. The molecule has 0 amide bonds. The fraction of sp³-hybridized carbons (Fsp3) is 0. The maximum Gasteiger partial charge on any atom is 0 e. The summed E-state index contributed by atoms with van der Waals surface area (Å²) in [5.74, 6) is 0. The van der Waals surface area contributed by atoms with Crippen LogP contribution < -0.4 is 0 Å². The second-order valence-electron chi connectivity index (χ2n) is 0. The van der Waals surface area contributed by atoms with E-state index in [9.17, 15) is 0 Å². The Hall–Kier alpha value is 4.80. The molecule has 0 bridgehead atoms. The molecule has 0 N–H and O–H groups in total. The normalized spacial score (nSPS) is 0. The van der Waals surface area contributed by atoms with Crippen LogP contribution in [-0.4, -0.2) is 29.6 Å². The van der Waals surface area contributed by atoms with E-state index >= 15 is 0 Å². The Balaban J connectivity index is 0. The van der Waals surface area contributed by atoms with E-state index in [0.29, 0.717) is 0 Å². The van der Waals surface area contributed by atoms with E-state index < -0.39 is 0 Å². The van der Waals surface area contributed by atoms with E-state index in [-0.39, 0.29) is 151 Å². The average Bonchev–Trinajstić information content (AvgIpc) is 0. The van der Waals surface area contributed by atoms with E-state index in [2.05, 4.69) is 0 Å². The van der Waals surface area contributed by atoms with Gasteiger partial charge in [-0.3, -0.25) is 4.70 Å². The Morgan fingerprint density at radius 2 is 1.00 bits per heavy atom. The van der Waals surface area contributed by atoms with Crippen LogP contribution in [0.5, 0.6) is 0 Å². The first-order valence-corrected chi connectivity index (χ1v) is 0. The van der Waals surface area contributed by atoms with Gasteiger partial charge in [0.05, 0.1) is 0 Å². The molecule has 0 spiro atoms. The molecule has 0 fully saturated rings. The molecule has 0 aliphatic heterocycles. The van der Waals surface area contributed by atoms with E-state index in [1.807, 2.05) is 0 Å². The van der Waals surface area contributed by atoms with E-state index in [1.165, 1.54) is 0 Å². The third-order valence-corrected chi connectivity index (χ3v) is 0. The van der Waals surface area contributed by atoms with Gasteiger partial charge in [-0.25, -0.2) is 0 Å². The summed E-state index contributed by atoms with van der Waals surface area (Å²) in [5.41, 5.74) is 0. The van der Waals surface area contributed by atoms with Crippen molar-refractivity contribution in [2.75, 3.05) is 0 Å². The fourth-order valence-electron chi connectivity index (χ4n) is 0. The van der Waals surface area contributed by atoms with Gasteiger partial charge < -0.3 is 0 Å². The summed E-state index contributed by atoms with van der Waals surface area (Å²) in [6, 6.07) is 0. The molecule has 39 valence electrons. The van der Waals surface area contributed by atoms with E-state index in [0.717, 1.165) is 0 Å². The third-order valence-electron chi connectivity index (χ3n) is 0. The minimum atomic E-state index is 0. The van der Waals surface area contributed by atoms with Crippen molar-refractivity contribution >= 4 is 29.6 Å². The molecule has 0 heterocycles. The molecule has 0 aliphatic rings. The third kappa shape index (κ3) is 17.7. The van der Waals surface area contributed by atoms with Crippen molar-refractivity contribution in [3.05, 3.63) is 0 Å². The molecule has 0 aliphatic carbocycles. The van der Waals surface area contributed by atoms with Crippen LogP contribution in [0.4, 0.5) is 4.70 Å². The van der Waals surface area contributed by atoms with Crippen LogP contribution in [0.15, 0.2) is 0 Å². The second kappa shape index (κ2) is 23.2. The average molecular weight is 473 g/mol. The molecule has 0 aromatic carbocycles. The summed E-state index contributed by atoms with van der Waals surface area (Å²) in [7, 11) is 0. The molecular formula is H2ErFNaYYb. The van der Waals surface area contributed by atoms with Crippen molar-refractivity contribution in [2.24, 2.45) is 0 Å². The number of rotatable bonds is 0. The zero-order chi connectivity index (χ0) is 0. The summed E-state index contributed by atoms with van der Waals surface area (Å²) < 4.78 is 0. The monoisotopic (exact) mass is 473 g/mol. The number of hydrogen-bond donors (Lipinski definition) is 0. The van der Waals surface area contributed by atoms with Gasteiger partial charge in [0.25, 0.3) is 0 Å². The standard InChI is InChI=1S/Er.FH.Na.Y.Yb.H/h;1H;;;;. The smallest absolute Gasteiger partial charge is 0 e. The van der Waals surface area contributed by atoms with Gasteiger partial charge in [-0.05, 0) is 0 Å². The number of hydrogen-bond acceptors (Lipinski definition) is 0. The van der Waals surface area contributed by atoms with Crippen molar-refractivity contribution in [2.45, 2.75) is 0 Å². The van der Waals surface area contributed by atoms with Crippen molar-refractivity contribution in [3.8, 4) is 0 Å². The van der Waals surface area contributed by atoms with Crippen LogP contribution in [-0.2, 0) is 32.7 Å². The minimum absolute atomic E-state index is 0. The molecule has 0 saturated carbocycles. The summed E-state index contributed by atoms with van der Waals surface area (Å²) in [4.78, 5) is 0. The van der Waals surface area contributed by atoms with Crippen molar-refractivity contribution in [1.82, 2.24) is 0 Å². The quantitative estimate of drug-likeness (QED) is 0.417. The van der Waals surface area contributed by atoms with Gasteiger partial charge in [0.15, 0.2) is 0 Å². The molecule has 0 rings (SSSR count). The molecule has 0 unspecified atom stereocenters. The Morgan fingerprint density at radius 1 is 1.00 bits per heavy atom. The largest absolute Gasteiger partial charge is 0 e. The SMILES string of the molecule is F.[Er].[NaH].[Y].[Yb]. The Labute approximate surface area is 146 Å². The first-order chi connectivity index (χ1) is 0. The van der Waals surface area contributed by atoms with Gasteiger partial charge in [-0.1, -0.05) is 0 Å². The van der Waals surface area contributed by atoms with Gasteiger partial charge >= 0.3 is 29.6 Å². The summed E-state index contributed by atoms with van der Waals surface area (Å²) in [5, 5.41) is 0. The molecular weight excluding hydrogens is 471 g/mol. The van der Waals surface area contributed by atoms with Crippen LogP contribution in [0.3, 0.4) is 0 Å². The van der Waals surface area contributed by atoms with Gasteiger partial charge in [0.2, 0.25) is 0 Å². The summed E-state index contributed by atoms with van der Waals surface area (Å²) in [6.45, 7) is 0. The first kappa shape index (κ1) is 32.9. The predicted octanol–water partition coefficient (Wildman–Crippen LogP) is -0.498. The molecule has 0 nitrogen and oxygen atoms in total. The Kier molecular flexibility index (Phi) is 153. The Morgan fingerprint density at radius 3 is 1.00 bits per heavy atom. The van der Waals surface area contributed by atoms with Gasteiger partial charge in [-0.2, -0.15) is 0 Å². The maximum atomic E-state index is 0. The summed E-state index contributed by atoms with van der Waals surface area (Å²) in [6.07, 6.45) is 0. The van der Waals surface area contributed by atoms with Gasteiger partial charge in [-0.15, -0.1) is 0 Å². The van der Waals surface area contributed by atoms with Crippen LogP contribution in [0, 0.1) is 84.2 Å². The van der Waals surface area contributed by atoms with E-state index in [1.54, 1.807) is 0 Å². The minimum Gasteiger partial charge on any atom is 0 e. The Bertz CT molecular complexity index is 11.6. The molecule has 5 heavy (non-hydrogen) atoms. The topological polar surface area (TPSA) is 0 Å². The van der Waals surface area contributed by atoms with Crippen LogP contribution in [0.2, 0.25) is 0 Å². The second-order valence-corrected chi connectivity index (χ2v) is 0. The zero-order valence-electron chi connectivity index (χ0n) is 1.54. The first-order valence-electron chi connectivity index (χ1n) is 0. The van der Waals surface area contributed by atoms with Gasteiger partial charge in [0.1, 0.15) is 0 Å². The molecule has 0 aromatic heterocycles. The van der Waals surface area contributed by atoms with Crippen molar-refractivity contribution in [1.29, 1.82) is 0 Å². The number of halogens is 1. The molecule has 0 saturated heterocycles. The van der Waals surface area contributed by atoms with E-state index in [4.69, 9.17) is 0 Å². The van der Waals surface area contributed by atoms with Crippen molar-refractivity contribution in [3.63, 3.8) is 0 Å². The molecule has 5 heteroatoms. The predicted molar refractivity (Wildman–Crippen MR) is 9.65 cm³/mol. The summed E-state index contributed by atoms with van der Waals surface area (Å²) >= 11 is 0. The fourth-order valence-corrected chi connectivity index (χ4v) is 0. The zero-order valence-corrected chi connectivity index (χ0v) is 7.95. The van der Waals surface area contributed by atoms with Gasteiger partial charge in [0, 0.05) is 117 Å². The maximum absolute atomic E-state index is 0.